The SMILES string of the molecule is [2H]c1c([2H])c2c(c([2H])c1-c1cccc(-c3c([2H])c([2H])c4c(c3[2H])C(C([2H])([2H])[2H])(C([2H])([2H])[2H])C([2H])([2H])C([2H])([2H])C4(C([2H])([2H])[2H])C([2H])([2H])[2H])c1-[n+]1[c-]n(-c3[c-]c(Oc4[c-]c5c(cc4)c4ccccc4n5-c4cc(C(C)(C)C)ccn4)ccc3)c3ccc(-c4ccccc4C([2H])([2H])[2H])cc31)C(C([2H])([2H])[2H])(C([2H])([2H])[2H])C([2H])([2H])C([2H])([2H])C2(C([2H])([2H])[2H])C([2H])([2H])[2H].[Pt]. The number of hydrogen-bond donors (Lipinski definition) is 0. The number of pyridine rings is 1. The van der Waals surface area contributed by atoms with Gasteiger partial charge in [0, 0.05) is 92.3 Å². The van der Waals surface area contributed by atoms with Gasteiger partial charge in [-0.2, -0.15) is 18.2 Å². The van der Waals surface area contributed by atoms with E-state index in [0.717, 1.165) is 44.6 Å². The average Bonchev–Trinajstić information content (AvgIpc) is 0.637. The monoisotopic (exact) mass is 1280 g/mol. The summed E-state index contributed by atoms with van der Waals surface area (Å²) in [6.07, 6.45) is -14.8. The Labute approximate surface area is 551 Å². The maximum atomic E-state index is 10.5. The van der Waals surface area contributed by atoms with Crippen LogP contribution in [0.4, 0.5) is 0 Å². The van der Waals surface area contributed by atoms with E-state index in [1.807, 2.05) is 61.7 Å². The first-order valence-electron chi connectivity index (χ1n) is 45.6. The standard InChI is InChI=1S/C75H72N4O.Pt/c1-48-19-13-14-22-56(48)51-29-34-66-68(43-51)78(47-77(66)53-20-17-21-54(45-53)80-55-30-31-60-59-23-15-16-26-65(59)79(67(60)46-55)69-44-52(35-40-76-69)71(2,3)4)70-57(49-27-32-61-63(41-49)74(9,10)38-36-72(61,5)6)24-18-25-58(70)50-28-33-62-64(42-50)75(11,12)39-37-73(62,7)8;/h13-35,40-44H,36-39H2,1-12H3;/q-2;/i1D3,5D3,6D3,7D3,8D3,9D3,10D3,11D3,12D3,27D,28D,32D,33D,36D2,37D2,38D2,39D2,41D,42D;. The van der Waals surface area contributed by atoms with Crippen LogP contribution in [0.15, 0.2) is 170 Å². The zero-order valence-corrected chi connectivity index (χ0v) is 45.5. The summed E-state index contributed by atoms with van der Waals surface area (Å²) in [7, 11) is 0. The minimum atomic E-state index is -4.92. The predicted octanol–water partition coefficient (Wildman–Crippen LogP) is 18.9. The van der Waals surface area contributed by atoms with E-state index in [1.54, 1.807) is 18.3 Å². The van der Waals surface area contributed by atoms with E-state index in [9.17, 15) is 19.2 Å². The first kappa shape index (κ1) is 24.6. The van der Waals surface area contributed by atoms with Crippen molar-refractivity contribution in [3.63, 3.8) is 0 Å². The smallest absolute Gasteiger partial charge is 0.268 e. The van der Waals surface area contributed by atoms with Crippen LogP contribution >= 0.6 is 0 Å². The number of fused-ring (bicyclic) bond motifs is 6. The Hall–Kier alpha value is -7.33. The zero-order chi connectivity index (χ0) is 90.6. The molecule has 0 radical (unpaired) electrons. The van der Waals surface area contributed by atoms with Gasteiger partial charge in [-0.05, 0) is 162 Å². The molecule has 13 rings (SSSR count). The van der Waals surface area contributed by atoms with Gasteiger partial charge in [-0.15, -0.1) is 29.7 Å². The molecular weight excluding hydrogens is 1170 g/mol. The van der Waals surface area contributed by atoms with Crippen molar-refractivity contribution in [3.05, 3.63) is 222 Å². The minimum Gasteiger partial charge on any atom is -0.510 e. The van der Waals surface area contributed by atoms with E-state index in [1.165, 1.54) is 65.2 Å². The van der Waals surface area contributed by atoms with Gasteiger partial charge in [0.2, 0.25) is 0 Å². The molecule has 0 unspecified atom stereocenters. The van der Waals surface area contributed by atoms with Crippen LogP contribution in [0, 0.1) is 25.3 Å². The molecule has 0 bridgehead atoms. The van der Waals surface area contributed by atoms with Crippen LogP contribution in [0.25, 0.3) is 83.4 Å². The second-order valence-electron chi connectivity index (χ2n) is 20.8. The Kier molecular flexibility index (Phi) is 5.99. The van der Waals surface area contributed by atoms with Crippen LogP contribution in [0.1, 0.15) is 191 Å². The molecule has 6 heteroatoms. The fourth-order valence-corrected chi connectivity index (χ4v) is 10.3. The summed E-state index contributed by atoms with van der Waals surface area (Å²) < 4.78 is 393. The number of para-hydroxylation sites is 2. The van der Waals surface area contributed by atoms with Crippen LogP contribution in [-0.2, 0) is 48.1 Å². The number of rotatable bonds is 8. The molecule has 2 aliphatic rings. The number of aryl methyl sites for hydroxylation is 1. The van der Waals surface area contributed by atoms with E-state index in [0.29, 0.717) is 11.3 Å². The van der Waals surface area contributed by atoms with Gasteiger partial charge in [0.25, 0.3) is 6.33 Å². The van der Waals surface area contributed by atoms with Gasteiger partial charge in [0.15, 0.2) is 0 Å². The van der Waals surface area contributed by atoms with Gasteiger partial charge >= 0.3 is 0 Å². The second kappa shape index (κ2) is 19.7. The van der Waals surface area contributed by atoms with Crippen molar-refractivity contribution in [2.75, 3.05) is 0 Å². The zero-order valence-electron chi connectivity index (χ0n) is 84.2. The Bertz CT molecular complexity index is 5860. The number of aromatic nitrogens is 4. The molecule has 8 aromatic carbocycles. The van der Waals surface area contributed by atoms with Crippen molar-refractivity contribution in [2.45, 2.75) is 135 Å². The van der Waals surface area contributed by atoms with Crippen LogP contribution in [0.3, 0.4) is 0 Å². The van der Waals surface area contributed by atoms with Gasteiger partial charge in [-0.3, -0.25) is 4.57 Å². The van der Waals surface area contributed by atoms with Crippen molar-refractivity contribution in [3.8, 4) is 62.1 Å². The van der Waals surface area contributed by atoms with Crippen LogP contribution < -0.4 is 9.30 Å². The van der Waals surface area contributed by atoms with E-state index in [2.05, 4.69) is 18.5 Å². The fraction of sp³-hybridized carbons (Fsp3) is 0.280. The maximum Gasteiger partial charge on any atom is 0.268 e. The molecule has 2 aliphatic carbocycles. The molecule has 0 aliphatic heterocycles. The quantitative estimate of drug-likeness (QED) is 0.112. The average molecular weight is 1280 g/mol. The van der Waals surface area contributed by atoms with Crippen LogP contribution in [0.5, 0.6) is 11.5 Å². The number of ether oxygens (including phenoxy) is 1. The van der Waals surface area contributed by atoms with Gasteiger partial charge in [-0.25, -0.2) is 4.98 Å². The third-order valence-electron chi connectivity index (χ3n) is 14.3. The van der Waals surface area contributed by atoms with Crippen molar-refractivity contribution in [1.82, 2.24) is 14.1 Å². The molecule has 0 N–H and O–H groups in total. The molecule has 0 atom stereocenters. The molecule has 0 fully saturated rings. The second-order valence-corrected chi connectivity index (χ2v) is 20.8. The van der Waals surface area contributed by atoms with Gasteiger partial charge in [0.05, 0.1) is 24.9 Å². The Balaban J connectivity index is 0.0000136. The summed E-state index contributed by atoms with van der Waals surface area (Å²) in [4.78, 5) is 4.75. The number of imidazole rings is 1. The third-order valence-corrected chi connectivity index (χ3v) is 14.3. The molecule has 0 saturated heterocycles. The van der Waals surface area contributed by atoms with E-state index in [-0.39, 0.29) is 71.4 Å². The summed E-state index contributed by atoms with van der Waals surface area (Å²) in [5, 5.41) is 1.54. The largest absolute Gasteiger partial charge is 0.510 e. The first-order chi connectivity index (χ1) is 55.0. The predicted molar refractivity (Wildman–Crippen MR) is 330 cm³/mol. The van der Waals surface area contributed by atoms with Crippen molar-refractivity contribution < 1.29 is 86.6 Å². The Morgan fingerprint density at radius 2 is 1.21 bits per heavy atom. The summed E-state index contributed by atoms with van der Waals surface area (Å²) in [6.45, 7) is -33.7. The molecule has 3 aromatic heterocycles. The van der Waals surface area contributed by atoms with Crippen LogP contribution in [-0.4, -0.2) is 14.1 Å². The maximum absolute atomic E-state index is 10.5. The summed E-state index contributed by atoms with van der Waals surface area (Å²) in [5.74, 6) is 0.512. The molecule has 5 nitrogen and oxygen atoms in total. The Morgan fingerprint density at radius 1 is 0.593 bits per heavy atom. The van der Waals surface area contributed by atoms with E-state index >= 15 is 0 Å². The summed E-state index contributed by atoms with van der Waals surface area (Å²) in [6, 6.07) is 26.7. The fourth-order valence-electron chi connectivity index (χ4n) is 10.3. The van der Waals surface area contributed by atoms with Crippen LogP contribution in [0.2, 0.25) is 0 Å². The summed E-state index contributed by atoms with van der Waals surface area (Å²) in [5.41, 5.74) is -31.8. The molecule has 0 saturated carbocycles. The van der Waals surface area contributed by atoms with Gasteiger partial charge in [0.1, 0.15) is 5.82 Å². The van der Waals surface area contributed by atoms with E-state index in [4.69, 9.17) is 46.7 Å². The first-order valence-corrected chi connectivity index (χ1v) is 25.1. The third kappa shape index (κ3) is 9.38. The van der Waals surface area contributed by atoms with Gasteiger partial charge in [-0.1, -0.05) is 190 Å². The summed E-state index contributed by atoms with van der Waals surface area (Å²) >= 11 is 0. The van der Waals surface area contributed by atoms with Crippen molar-refractivity contribution in [2.24, 2.45) is 0 Å². The van der Waals surface area contributed by atoms with Crippen molar-refractivity contribution in [1.29, 1.82) is 0 Å². The van der Waals surface area contributed by atoms with Crippen molar-refractivity contribution >= 4 is 32.8 Å². The molecule has 3 heterocycles. The minimum absolute atomic E-state index is 0. The molecule has 0 amide bonds. The molecule has 410 valence electrons. The molecule has 0 spiro atoms. The number of hydrogen-bond acceptors (Lipinski definition) is 2. The van der Waals surface area contributed by atoms with Gasteiger partial charge < -0.3 is 13.9 Å². The number of nitrogens with zero attached hydrogens (tertiary/aromatic N) is 4. The topological polar surface area (TPSA) is 35.9 Å². The van der Waals surface area contributed by atoms with E-state index < -0.39 is 195 Å². The Morgan fingerprint density at radius 3 is 1.88 bits per heavy atom. The molecule has 81 heavy (non-hydrogen) atoms. The number of benzene rings is 8. The normalized spacial score (nSPS) is 27.3. The molecular formula is C75H72N4OPt-2. The molecule has 11 aromatic rings.